The molecule has 0 aliphatic carbocycles. The third kappa shape index (κ3) is 10.3. The largest absolute Gasteiger partial charge is 0.355 e. The number of likely N-dealkylation sites (N-methyl/N-ethyl adjacent to an activating group) is 1. The van der Waals surface area contributed by atoms with Gasteiger partial charge in [0.15, 0.2) is 0 Å². The van der Waals surface area contributed by atoms with E-state index >= 15 is 0 Å². The first kappa shape index (κ1) is 16.4. The summed E-state index contributed by atoms with van der Waals surface area (Å²) < 4.78 is 0. The Bertz CT molecular complexity index is 221. The molecule has 0 fully saturated rings. The minimum Gasteiger partial charge on any atom is -0.355 e. The first-order valence-corrected chi connectivity index (χ1v) is 6.44. The van der Waals surface area contributed by atoms with E-state index in [0.29, 0.717) is 12.5 Å². The predicted octanol–water partition coefficient (Wildman–Crippen LogP) is 1.22. The molecule has 4 heteroatoms. The van der Waals surface area contributed by atoms with Crippen molar-refractivity contribution in [3.63, 3.8) is 0 Å². The third-order valence-corrected chi connectivity index (χ3v) is 2.68. The minimum atomic E-state index is 0.0815. The summed E-state index contributed by atoms with van der Waals surface area (Å²) in [6, 6.07) is 0.523. The second-order valence-corrected chi connectivity index (χ2v) is 5.85. The zero-order valence-electron chi connectivity index (χ0n) is 12.3. The lowest BCUT2D eigenvalue weighted by Gasteiger charge is -2.21. The summed E-state index contributed by atoms with van der Waals surface area (Å²) >= 11 is 0. The summed E-state index contributed by atoms with van der Waals surface area (Å²) in [7, 11) is 2.07. The van der Waals surface area contributed by atoms with E-state index in [9.17, 15) is 4.79 Å². The van der Waals surface area contributed by atoms with E-state index in [2.05, 4.69) is 57.2 Å². The average Bonchev–Trinajstić information content (AvgIpc) is 2.15. The van der Waals surface area contributed by atoms with E-state index in [1.807, 2.05) is 0 Å². The highest BCUT2D eigenvalue weighted by atomic mass is 16.1. The second kappa shape index (κ2) is 7.67. The number of amides is 1. The molecule has 0 rings (SSSR count). The van der Waals surface area contributed by atoms with Gasteiger partial charge in [-0.05, 0) is 41.7 Å². The molecule has 0 radical (unpaired) electrons. The molecule has 0 saturated carbocycles. The van der Waals surface area contributed by atoms with Crippen LogP contribution in [0.2, 0.25) is 0 Å². The maximum absolute atomic E-state index is 11.5. The highest BCUT2D eigenvalue weighted by molar-refractivity contribution is 5.76. The summed E-state index contributed by atoms with van der Waals surface area (Å²) in [6.45, 7) is 13.0. The van der Waals surface area contributed by atoms with E-state index in [4.69, 9.17) is 0 Å². The lowest BCUT2D eigenvalue weighted by atomic mass is 10.1. The molecule has 0 heterocycles. The van der Waals surface area contributed by atoms with Gasteiger partial charge in [-0.15, -0.1) is 0 Å². The number of rotatable bonds is 7. The van der Waals surface area contributed by atoms with Crippen LogP contribution < -0.4 is 10.6 Å². The second-order valence-electron chi connectivity index (χ2n) is 5.85. The van der Waals surface area contributed by atoms with Crippen LogP contribution in [0.4, 0.5) is 0 Å². The molecule has 0 aliphatic rings. The monoisotopic (exact) mass is 243 g/mol. The Labute approximate surface area is 106 Å². The van der Waals surface area contributed by atoms with E-state index in [1.165, 1.54) is 0 Å². The van der Waals surface area contributed by atoms with Crippen molar-refractivity contribution in [1.82, 2.24) is 15.5 Å². The Morgan fingerprint density at radius 1 is 1.24 bits per heavy atom. The Kier molecular flexibility index (Phi) is 7.39. The average molecular weight is 243 g/mol. The minimum absolute atomic E-state index is 0.0815. The molecule has 0 aromatic heterocycles. The fraction of sp³-hybridized carbons (Fsp3) is 0.923. The molecule has 2 N–H and O–H groups in total. The molecule has 0 aromatic rings. The van der Waals surface area contributed by atoms with Gasteiger partial charge >= 0.3 is 0 Å². The lowest BCUT2D eigenvalue weighted by Crippen LogP contribution is -2.40. The fourth-order valence-corrected chi connectivity index (χ4v) is 1.27. The highest BCUT2D eigenvalue weighted by Crippen LogP contribution is 1.97. The molecule has 17 heavy (non-hydrogen) atoms. The van der Waals surface area contributed by atoms with E-state index < -0.39 is 0 Å². The van der Waals surface area contributed by atoms with Gasteiger partial charge in [-0.2, -0.15) is 0 Å². The fourth-order valence-electron chi connectivity index (χ4n) is 1.27. The summed E-state index contributed by atoms with van der Waals surface area (Å²) in [4.78, 5) is 13.7. The first-order valence-electron chi connectivity index (χ1n) is 6.44. The number of hydrogen-bond acceptors (Lipinski definition) is 3. The molecule has 0 saturated heterocycles. The molecule has 0 spiro atoms. The van der Waals surface area contributed by atoms with Crippen LogP contribution in [0.5, 0.6) is 0 Å². The van der Waals surface area contributed by atoms with E-state index in [-0.39, 0.29) is 11.4 Å². The number of carbonyl (C=O) groups is 1. The van der Waals surface area contributed by atoms with Crippen LogP contribution in [-0.2, 0) is 4.79 Å². The van der Waals surface area contributed by atoms with Crippen molar-refractivity contribution in [1.29, 1.82) is 0 Å². The van der Waals surface area contributed by atoms with Crippen molar-refractivity contribution >= 4 is 5.91 Å². The van der Waals surface area contributed by atoms with Crippen molar-refractivity contribution in [2.45, 2.75) is 52.6 Å². The maximum atomic E-state index is 11.5. The Morgan fingerprint density at radius 3 is 2.29 bits per heavy atom. The molecule has 0 unspecified atom stereocenters. The SMILES string of the molecule is CC(C)N(C)CCNC(=O)CCNC(C)(C)C. The smallest absolute Gasteiger partial charge is 0.221 e. The molecule has 0 bridgehead atoms. The Balaban J connectivity index is 3.54. The normalized spacial score (nSPS) is 12.2. The summed E-state index contributed by atoms with van der Waals surface area (Å²) in [5.74, 6) is 0.124. The van der Waals surface area contributed by atoms with Gasteiger partial charge in [-0.3, -0.25) is 4.79 Å². The quantitative estimate of drug-likeness (QED) is 0.707. The predicted molar refractivity (Wildman–Crippen MR) is 73.1 cm³/mol. The van der Waals surface area contributed by atoms with Crippen molar-refractivity contribution in [2.75, 3.05) is 26.7 Å². The topological polar surface area (TPSA) is 44.4 Å². The van der Waals surface area contributed by atoms with E-state index in [0.717, 1.165) is 19.6 Å². The molecule has 4 nitrogen and oxygen atoms in total. The first-order chi connectivity index (χ1) is 7.72. The van der Waals surface area contributed by atoms with Crippen molar-refractivity contribution in [2.24, 2.45) is 0 Å². The van der Waals surface area contributed by atoms with E-state index in [1.54, 1.807) is 0 Å². The van der Waals surface area contributed by atoms with Crippen LogP contribution in [0.1, 0.15) is 41.0 Å². The van der Waals surface area contributed by atoms with Crippen LogP contribution in [0.15, 0.2) is 0 Å². The van der Waals surface area contributed by atoms with Gasteiger partial charge in [-0.25, -0.2) is 0 Å². The highest BCUT2D eigenvalue weighted by Gasteiger charge is 2.09. The third-order valence-electron chi connectivity index (χ3n) is 2.68. The van der Waals surface area contributed by atoms with Gasteiger partial charge < -0.3 is 15.5 Å². The molecule has 0 aliphatic heterocycles. The van der Waals surface area contributed by atoms with Crippen molar-refractivity contribution in [3.05, 3.63) is 0 Å². The maximum Gasteiger partial charge on any atom is 0.221 e. The van der Waals surface area contributed by atoms with Crippen LogP contribution in [-0.4, -0.2) is 49.1 Å². The van der Waals surface area contributed by atoms with Crippen LogP contribution in [0.25, 0.3) is 0 Å². The molecular formula is C13H29N3O. The van der Waals surface area contributed by atoms with Gasteiger partial charge in [0.25, 0.3) is 0 Å². The Hall–Kier alpha value is -0.610. The van der Waals surface area contributed by atoms with Crippen molar-refractivity contribution < 1.29 is 4.79 Å². The van der Waals surface area contributed by atoms with Gasteiger partial charge in [0.05, 0.1) is 0 Å². The number of hydrogen-bond donors (Lipinski definition) is 2. The molecule has 0 aromatic carbocycles. The Morgan fingerprint density at radius 2 is 1.82 bits per heavy atom. The standard InChI is InChI=1S/C13H29N3O/c1-11(2)16(6)10-9-14-12(17)7-8-15-13(3,4)5/h11,15H,7-10H2,1-6H3,(H,14,17). The van der Waals surface area contributed by atoms with Crippen LogP contribution >= 0.6 is 0 Å². The summed E-state index contributed by atoms with van der Waals surface area (Å²) in [5, 5.41) is 6.23. The zero-order chi connectivity index (χ0) is 13.5. The molecule has 0 atom stereocenters. The zero-order valence-corrected chi connectivity index (χ0v) is 12.3. The number of nitrogens with one attached hydrogen (secondary N) is 2. The van der Waals surface area contributed by atoms with Gasteiger partial charge in [-0.1, -0.05) is 0 Å². The van der Waals surface area contributed by atoms with Gasteiger partial charge in [0.2, 0.25) is 5.91 Å². The van der Waals surface area contributed by atoms with Crippen LogP contribution in [0, 0.1) is 0 Å². The molecule has 1 amide bonds. The number of nitrogens with zero attached hydrogens (tertiary/aromatic N) is 1. The molecule has 102 valence electrons. The lowest BCUT2D eigenvalue weighted by molar-refractivity contribution is -0.121. The van der Waals surface area contributed by atoms with Crippen LogP contribution in [0.3, 0.4) is 0 Å². The van der Waals surface area contributed by atoms with Crippen molar-refractivity contribution in [3.8, 4) is 0 Å². The van der Waals surface area contributed by atoms with Gasteiger partial charge in [0.1, 0.15) is 0 Å². The summed E-state index contributed by atoms with van der Waals surface area (Å²) in [6.07, 6.45) is 0.544. The number of carbonyl (C=O) groups excluding carboxylic acids is 1. The molecular weight excluding hydrogens is 214 g/mol. The summed E-state index contributed by atoms with van der Waals surface area (Å²) in [5.41, 5.74) is 0.0815. The van der Waals surface area contributed by atoms with Gasteiger partial charge in [0, 0.05) is 37.6 Å².